The van der Waals surface area contributed by atoms with E-state index in [0.717, 1.165) is 5.76 Å². The average Bonchev–Trinajstić information content (AvgIpc) is 3.38. The van der Waals surface area contributed by atoms with Crippen molar-refractivity contribution in [1.82, 2.24) is 19.7 Å². The van der Waals surface area contributed by atoms with Gasteiger partial charge in [0.15, 0.2) is 11.0 Å². The van der Waals surface area contributed by atoms with Crippen LogP contribution < -0.4 is 5.32 Å². The van der Waals surface area contributed by atoms with E-state index in [1.54, 1.807) is 36.2 Å². The van der Waals surface area contributed by atoms with Gasteiger partial charge in [-0.05, 0) is 43.3 Å². The standard InChI is InChI=1S/C16H14FN5OS.C5H6O/c1-22-15(13-8-4-5-9-18-13)20-21-16(22)24-10-14(23)19-12-7-3-2-6-11(12)17;1-5-3-2-4-6-5/h2-9H,10H2,1H3,(H,19,23);2-4H,1H3. The molecule has 0 unspecified atom stereocenters. The minimum Gasteiger partial charge on any atom is -0.470 e. The maximum Gasteiger partial charge on any atom is 0.234 e. The van der Waals surface area contributed by atoms with Crippen LogP contribution in [0.2, 0.25) is 0 Å². The van der Waals surface area contributed by atoms with E-state index in [-0.39, 0.29) is 17.3 Å². The molecule has 7 nitrogen and oxygen atoms in total. The SMILES string of the molecule is Cc1ccco1.Cn1c(SCC(=O)Nc2ccccc2F)nnc1-c1ccccn1. The molecule has 0 saturated heterocycles. The molecule has 4 rings (SSSR count). The van der Waals surface area contributed by atoms with Gasteiger partial charge >= 0.3 is 0 Å². The lowest BCUT2D eigenvalue weighted by Gasteiger charge is -2.06. The van der Waals surface area contributed by atoms with E-state index >= 15 is 0 Å². The van der Waals surface area contributed by atoms with Crippen LogP contribution in [-0.2, 0) is 11.8 Å². The highest BCUT2D eigenvalue weighted by Crippen LogP contribution is 2.21. The molecular formula is C21H20FN5O2S. The first-order valence-electron chi connectivity index (χ1n) is 9.02. The highest BCUT2D eigenvalue weighted by molar-refractivity contribution is 7.99. The van der Waals surface area contributed by atoms with Crippen LogP contribution in [0.3, 0.4) is 0 Å². The van der Waals surface area contributed by atoms with Gasteiger partial charge in [-0.15, -0.1) is 10.2 Å². The number of aryl methyl sites for hydroxylation is 1. The molecular weight excluding hydrogens is 405 g/mol. The molecule has 0 radical (unpaired) electrons. The first-order valence-corrected chi connectivity index (χ1v) is 10.0. The van der Waals surface area contributed by atoms with Crippen LogP contribution in [0.4, 0.5) is 10.1 Å². The predicted octanol–water partition coefficient (Wildman–Crippen LogP) is 4.34. The Balaban J connectivity index is 0.000000367. The summed E-state index contributed by atoms with van der Waals surface area (Å²) in [5.41, 5.74) is 0.866. The molecule has 0 aliphatic rings. The number of hydrogen-bond acceptors (Lipinski definition) is 6. The fraction of sp³-hybridized carbons (Fsp3) is 0.143. The summed E-state index contributed by atoms with van der Waals surface area (Å²) in [5.74, 6) is 0.907. The summed E-state index contributed by atoms with van der Waals surface area (Å²) in [4.78, 5) is 16.2. The van der Waals surface area contributed by atoms with Gasteiger partial charge in [0.25, 0.3) is 0 Å². The number of thioether (sulfide) groups is 1. The summed E-state index contributed by atoms with van der Waals surface area (Å²) in [7, 11) is 1.81. The number of carbonyl (C=O) groups is 1. The van der Waals surface area contributed by atoms with Crippen molar-refractivity contribution in [3.63, 3.8) is 0 Å². The van der Waals surface area contributed by atoms with Gasteiger partial charge in [0.2, 0.25) is 5.91 Å². The number of halogens is 1. The number of carbonyl (C=O) groups excluding carboxylic acids is 1. The zero-order valence-corrected chi connectivity index (χ0v) is 17.3. The molecule has 4 aromatic rings. The van der Waals surface area contributed by atoms with Crippen molar-refractivity contribution >= 4 is 23.4 Å². The minimum atomic E-state index is -0.466. The van der Waals surface area contributed by atoms with E-state index in [0.29, 0.717) is 16.7 Å². The maximum atomic E-state index is 13.5. The van der Waals surface area contributed by atoms with Gasteiger partial charge in [0.1, 0.15) is 17.3 Å². The van der Waals surface area contributed by atoms with Crippen molar-refractivity contribution < 1.29 is 13.6 Å². The van der Waals surface area contributed by atoms with Gasteiger partial charge in [0, 0.05) is 13.2 Å². The van der Waals surface area contributed by atoms with Gasteiger partial charge in [-0.1, -0.05) is 30.0 Å². The molecule has 3 aromatic heterocycles. The van der Waals surface area contributed by atoms with Gasteiger partial charge in [0.05, 0.1) is 17.7 Å². The van der Waals surface area contributed by atoms with E-state index in [2.05, 4.69) is 20.5 Å². The number of furan rings is 1. The third-order valence-corrected chi connectivity index (χ3v) is 4.89. The van der Waals surface area contributed by atoms with Crippen LogP contribution in [0.25, 0.3) is 11.5 Å². The van der Waals surface area contributed by atoms with Crippen LogP contribution in [0, 0.1) is 12.7 Å². The Morgan fingerprint density at radius 1 is 1.13 bits per heavy atom. The van der Waals surface area contributed by atoms with E-state index < -0.39 is 5.82 Å². The number of para-hydroxylation sites is 1. The largest absolute Gasteiger partial charge is 0.470 e. The summed E-state index contributed by atoms with van der Waals surface area (Å²) >= 11 is 1.22. The van der Waals surface area contributed by atoms with Gasteiger partial charge < -0.3 is 14.3 Å². The van der Waals surface area contributed by atoms with Crippen molar-refractivity contribution in [2.45, 2.75) is 12.1 Å². The number of benzene rings is 1. The molecule has 9 heteroatoms. The number of aromatic nitrogens is 4. The summed E-state index contributed by atoms with van der Waals surface area (Å²) < 4.78 is 20.1. The van der Waals surface area contributed by atoms with Crippen LogP contribution >= 0.6 is 11.8 Å². The van der Waals surface area contributed by atoms with E-state index in [9.17, 15) is 9.18 Å². The number of amides is 1. The number of pyridine rings is 1. The summed E-state index contributed by atoms with van der Waals surface area (Å²) in [6.07, 6.45) is 3.34. The third-order valence-electron chi connectivity index (χ3n) is 3.87. The molecule has 154 valence electrons. The highest BCUT2D eigenvalue weighted by atomic mass is 32.2. The lowest BCUT2D eigenvalue weighted by atomic mass is 10.3. The Kier molecular flexibility index (Phi) is 7.34. The third kappa shape index (κ3) is 5.77. The molecule has 0 saturated carbocycles. The fourth-order valence-electron chi connectivity index (χ4n) is 2.40. The van der Waals surface area contributed by atoms with Crippen molar-refractivity contribution in [3.8, 4) is 11.5 Å². The molecule has 3 heterocycles. The smallest absolute Gasteiger partial charge is 0.234 e. The quantitative estimate of drug-likeness (QED) is 0.479. The van der Waals surface area contributed by atoms with Crippen molar-refractivity contribution in [3.05, 3.63) is 78.6 Å². The predicted molar refractivity (Wildman–Crippen MR) is 113 cm³/mol. The number of nitrogens with zero attached hydrogens (tertiary/aromatic N) is 4. The average molecular weight is 425 g/mol. The highest BCUT2D eigenvalue weighted by Gasteiger charge is 2.14. The van der Waals surface area contributed by atoms with Crippen LogP contribution in [0.5, 0.6) is 0 Å². The zero-order valence-electron chi connectivity index (χ0n) is 16.4. The molecule has 0 atom stereocenters. The van der Waals surface area contributed by atoms with Crippen LogP contribution in [0.1, 0.15) is 5.76 Å². The van der Waals surface area contributed by atoms with Gasteiger partial charge in [-0.3, -0.25) is 9.78 Å². The van der Waals surface area contributed by atoms with Gasteiger partial charge in [-0.25, -0.2) is 4.39 Å². The lowest BCUT2D eigenvalue weighted by Crippen LogP contribution is -2.15. The Labute approximate surface area is 177 Å². The second-order valence-corrected chi connectivity index (χ2v) is 7.06. The second-order valence-electron chi connectivity index (χ2n) is 6.12. The molecule has 0 aliphatic heterocycles. The Morgan fingerprint density at radius 2 is 1.93 bits per heavy atom. The number of nitrogens with one attached hydrogen (secondary N) is 1. The number of anilines is 1. The first-order chi connectivity index (χ1) is 14.5. The Bertz CT molecular complexity index is 1080. The topological polar surface area (TPSA) is 85.8 Å². The first kappa shape index (κ1) is 21.3. The normalized spacial score (nSPS) is 10.2. The summed E-state index contributed by atoms with van der Waals surface area (Å²) in [5, 5.41) is 11.3. The second kappa shape index (κ2) is 10.4. The molecule has 0 aliphatic carbocycles. The Morgan fingerprint density at radius 3 is 2.57 bits per heavy atom. The van der Waals surface area contributed by atoms with Crippen LogP contribution in [0.15, 0.2) is 76.6 Å². The Hall–Kier alpha value is -3.46. The molecule has 1 aromatic carbocycles. The number of rotatable bonds is 5. The summed E-state index contributed by atoms with van der Waals surface area (Å²) in [6, 6.07) is 15.4. The molecule has 0 spiro atoms. The van der Waals surface area contributed by atoms with Crippen molar-refractivity contribution in [1.29, 1.82) is 0 Å². The van der Waals surface area contributed by atoms with Gasteiger partial charge in [-0.2, -0.15) is 0 Å². The minimum absolute atomic E-state index is 0.0997. The summed E-state index contributed by atoms with van der Waals surface area (Å²) in [6.45, 7) is 1.92. The van der Waals surface area contributed by atoms with E-state index in [4.69, 9.17) is 4.42 Å². The van der Waals surface area contributed by atoms with Crippen molar-refractivity contribution in [2.75, 3.05) is 11.1 Å². The molecule has 30 heavy (non-hydrogen) atoms. The van der Waals surface area contributed by atoms with Crippen molar-refractivity contribution in [2.24, 2.45) is 7.05 Å². The molecule has 1 N–H and O–H groups in total. The fourth-order valence-corrected chi connectivity index (χ4v) is 3.11. The maximum absolute atomic E-state index is 13.5. The zero-order chi connectivity index (χ0) is 21.3. The molecule has 1 amide bonds. The lowest BCUT2D eigenvalue weighted by molar-refractivity contribution is -0.113. The molecule has 0 fully saturated rings. The van der Waals surface area contributed by atoms with E-state index in [1.165, 1.54) is 23.9 Å². The monoisotopic (exact) mass is 425 g/mol. The van der Waals surface area contributed by atoms with E-state index in [1.807, 2.05) is 37.3 Å². The molecule has 0 bridgehead atoms. The number of hydrogen-bond donors (Lipinski definition) is 1. The van der Waals surface area contributed by atoms with Crippen LogP contribution in [-0.4, -0.2) is 31.4 Å².